The topological polar surface area (TPSA) is 58.6 Å². The van der Waals surface area contributed by atoms with Gasteiger partial charge in [0.25, 0.3) is 11.8 Å². The van der Waals surface area contributed by atoms with Crippen molar-refractivity contribution in [1.82, 2.24) is 10.2 Å². The normalized spacial score (nSPS) is 21.5. The molecule has 1 atom stereocenters. The fraction of sp³-hybridized carbons (Fsp3) is 0.462. The minimum Gasteiger partial charge on any atom is -0.481 e. The summed E-state index contributed by atoms with van der Waals surface area (Å²) in [5.74, 6) is 0.145. The molecule has 2 aliphatic heterocycles. The van der Waals surface area contributed by atoms with Crippen molar-refractivity contribution in [3.63, 3.8) is 0 Å². The summed E-state index contributed by atoms with van der Waals surface area (Å²) in [5, 5.41) is 3.11. The molecule has 0 bridgehead atoms. The van der Waals surface area contributed by atoms with Gasteiger partial charge in [-0.25, -0.2) is 4.39 Å². The van der Waals surface area contributed by atoms with E-state index in [1.807, 2.05) is 18.2 Å². The second kappa shape index (κ2) is 9.72. The summed E-state index contributed by atoms with van der Waals surface area (Å²) in [5.41, 5.74) is 1.49. The Morgan fingerprint density at radius 1 is 1.09 bits per heavy atom. The van der Waals surface area contributed by atoms with Gasteiger partial charge in [-0.05, 0) is 74.3 Å². The molecule has 2 heterocycles. The Morgan fingerprint density at radius 3 is 2.66 bits per heavy atom. The zero-order chi connectivity index (χ0) is 22.6. The zero-order valence-corrected chi connectivity index (χ0v) is 18.6. The number of benzene rings is 2. The van der Waals surface area contributed by atoms with E-state index < -0.39 is 11.9 Å². The molecule has 2 aromatic carbocycles. The standard InChI is InChI=1S/C26H31FN2O3/c1-19-24(30)28-18-26(12-5-4-8-20-7-2-3-11-23(20)32-19)13-15-29(16-14-26)25(31)21-9-6-10-22(27)17-21/h2-3,6-7,9-11,17,19H,4-5,8,12-16,18H2,1H3,(H,28,30)/t19-/m1/s1. The number of rotatable bonds is 1. The molecule has 170 valence electrons. The summed E-state index contributed by atoms with van der Waals surface area (Å²) < 4.78 is 19.5. The van der Waals surface area contributed by atoms with Crippen LogP contribution in [0.5, 0.6) is 5.75 Å². The Labute approximate surface area is 188 Å². The molecule has 1 spiro atoms. The third kappa shape index (κ3) is 5.12. The van der Waals surface area contributed by atoms with Crippen LogP contribution >= 0.6 is 0 Å². The maximum Gasteiger partial charge on any atom is 0.260 e. The predicted molar refractivity (Wildman–Crippen MR) is 121 cm³/mol. The molecular weight excluding hydrogens is 407 g/mol. The molecule has 0 saturated carbocycles. The number of ether oxygens (including phenoxy) is 1. The van der Waals surface area contributed by atoms with Crippen molar-refractivity contribution in [3.8, 4) is 5.75 Å². The molecule has 1 fully saturated rings. The maximum atomic E-state index is 13.5. The second-order valence-electron chi connectivity index (χ2n) is 9.10. The highest BCUT2D eigenvalue weighted by atomic mass is 19.1. The van der Waals surface area contributed by atoms with Crippen molar-refractivity contribution in [2.24, 2.45) is 5.41 Å². The van der Waals surface area contributed by atoms with Crippen LogP contribution in [0.3, 0.4) is 0 Å². The average Bonchev–Trinajstić information content (AvgIpc) is 2.80. The molecule has 0 aliphatic carbocycles. The Hall–Kier alpha value is -2.89. The van der Waals surface area contributed by atoms with Gasteiger partial charge in [-0.3, -0.25) is 9.59 Å². The number of hydrogen-bond donors (Lipinski definition) is 1. The third-order valence-corrected chi connectivity index (χ3v) is 6.87. The maximum absolute atomic E-state index is 13.5. The van der Waals surface area contributed by atoms with Crippen molar-refractivity contribution in [3.05, 3.63) is 65.5 Å². The number of nitrogens with zero attached hydrogens (tertiary/aromatic N) is 1. The number of carbonyl (C=O) groups is 2. The highest BCUT2D eigenvalue weighted by Gasteiger charge is 2.36. The Balaban J connectivity index is 1.43. The van der Waals surface area contributed by atoms with Gasteiger partial charge in [0.15, 0.2) is 6.10 Å². The summed E-state index contributed by atoms with van der Waals surface area (Å²) in [6, 6.07) is 13.8. The number of aryl methyl sites for hydroxylation is 1. The molecule has 4 rings (SSSR count). The number of piperidine rings is 1. The summed E-state index contributed by atoms with van der Waals surface area (Å²) in [4.78, 5) is 27.3. The van der Waals surface area contributed by atoms with E-state index in [1.54, 1.807) is 24.0 Å². The van der Waals surface area contributed by atoms with Crippen molar-refractivity contribution in [2.45, 2.75) is 51.6 Å². The summed E-state index contributed by atoms with van der Waals surface area (Å²) in [7, 11) is 0. The van der Waals surface area contributed by atoms with Gasteiger partial charge in [0.05, 0.1) is 0 Å². The summed E-state index contributed by atoms with van der Waals surface area (Å²) in [6.07, 6.45) is 5.11. The largest absolute Gasteiger partial charge is 0.481 e. The van der Waals surface area contributed by atoms with Gasteiger partial charge in [-0.1, -0.05) is 30.7 Å². The quantitative estimate of drug-likeness (QED) is 0.720. The first kappa shape index (κ1) is 22.3. The Kier molecular flexibility index (Phi) is 6.77. The fourth-order valence-electron chi connectivity index (χ4n) is 4.81. The van der Waals surface area contributed by atoms with Crippen molar-refractivity contribution < 1.29 is 18.7 Å². The highest BCUT2D eigenvalue weighted by molar-refractivity contribution is 5.94. The van der Waals surface area contributed by atoms with Gasteiger partial charge in [-0.2, -0.15) is 0 Å². The lowest BCUT2D eigenvalue weighted by Crippen LogP contribution is -2.49. The average molecular weight is 439 g/mol. The molecule has 2 aliphatic rings. The lowest BCUT2D eigenvalue weighted by Gasteiger charge is -2.42. The van der Waals surface area contributed by atoms with Crippen LogP contribution in [-0.2, 0) is 11.2 Å². The Bertz CT molecular complexity index is 969. The minimum atomic E-state index is -0.567. The SMILES string of the molecule is C[C@H]1Oc2ccccc2CCCCC2(CCN(C(=O)c3cccc(F)c3)CC2)CNC1=O. The molecule has 0 unspecified atom stereocenters. The smallest absolute Gasteiger partial charge is 0.260 e. The van der Waals surface area contributed by atoms with E-state index in [1.165, 1.54) is 12.1 Å². The first-order valence-electron chi connectivity index (χ1n) is 11.5. The fourth-order valence-corrected chi connectivity index (χ4v) is 4.81. The predicted octanol–water partition coefficient (Wildman–Crippen LogP) is 4.36. The summed E-state index contributed by atoms with van der Waals surface area (Å²) in [6.45, 7) is 3.59. The van der Waals surface area contributed by atoms with Crippen LogP contribution in [0.1, 0.15) is 54.9 Å². The molecule has 0 radical (unpaired) electrons. The van der Waals surface area contributed by atoms with E-state index in [0.29, 0.717) is 25.2 Å². The molecule has 6 heteroatoms. The monoisotopic (exact) mass is 438 g/mol. The lowest BCUT2D eigenvalue weighted by atomic mass is 9.74. The van der Waals surface area contributed by atoms with Crippen LogP contribution in [0.15, 0.2) is 48.5 Å². The van der Waals surface area contributed by atoms with Gasteiger partial charge in [0, 0.05) is 25.2 Å². The van der Waals surface area contributed by atoms with E-state index in [9.17, 15) is 14.0 Å². The second-order valence-corrected chi connectivity index (χ2v) is 9.10. The molecule has 32 heavy (non-hydrogen) atoms. The van der Waals surface area contributed by atoms with E-state index in [2.05, 4.69) is 11.4 Å². The number of halogens is 1. The van der Waals surface area contributed by atoms with E-state index in [0.717, 1.165) is 49.8 Å². The molecule has 2 aromatic rings. The number of amides is 2. The van der Waals surface area contributed by atoms with Crippen LogP contribution in [0.4, 0.5) is 4.39 Å². The van der Waals surface area contributed by atoms with Crippen LogP contribution in [0, 0.1) is 11.2 Å². The van der Waals surface area contributed by atoms with E-state index in [4.69, 9.17) is 4.74 Å². The number of hydrogen-bond acceptors (Lipinski definition) is 3. The molecule has 0 aromatic heterocycles. The number of nitrogens with one attached hydrogen (secondary N) is 1. The van der Waals surface area contributed by atoms with Gasteiger partial charge in [-0.15, -0.1) is 0 Å². The van der Waals surface area contributed by atoms with Crippen molar-refractivity contribution in [1.29, 1.82) is 0 Å². The number of likely N-dealkylation sites (tertiary alicyclic amines) is 1. The first-order chi connectivity index (χ1) is 15.5. The molecule has 5 nitrogen and oxygen atoms in total. The van der Waals surface area contributed by atoms with Gasteiger partial charge < -0.3 is 15.0 Å². The van der Waals surface area contributed by atoms with Crippen molar-refractivity contribution >= 4 is 11.8 Å². The van der Waals surface area contributed by atoms with Gasteiger partial charge in [0.1, 0.15) is 11.6 Å². The van der Waals surface area contributed by atoms with E-state index in [-0.39, 0.29) is 17.2 Å². The molecule has 1 saturated heterocycles. The summed E-state index contributed by atoms with van der Waals surface area (Å²) >= 11 is 0. The van der Waals surface area contributed by atoms with Crippen molar-refractivity contribution in [2.75, 3.05) is 19.6 Å². The minimum absolute atomic E-state index is 0.0349. The number of fused-ring (bicyclic) bond motifs is 1. The van der Waals surface area contributed by atoms with Crippen LogP contribution in [-0.4, -0.2) is 42.5 Å². The molecule has 2 amide bonds. The highest BCUT2D eigenvalue weighted by Crippen LogP contribution is 2.37. The molecule has 1 N–H and O–H groups in total. The Morgan fingerprint density at radius 2 is 1.88 bits per heavy atom. The van der Waals surface area contributed by atoms with Gasteiger partial charge in [0.2, 0.25) is 0 Å². The zero-order valence-electron chi connectivity index (χ0n) is 18.6. The number of para-hydroxylation sites is 1. The third-order valence-electron chi connectivity index (χ3n) is 6.87. The number of carbonyl (C=O) groups excluding carboxylic acids is 2. The lowest BCUT2D eigenvalue weighted by molar-refractivity contribution is -0.128. The van der Waals surface area contributed by atoms with Crippen LogP contribution in [0.25, 0.3) is 0 Å². The first-order valence-corrected chi connectivity index (χ1v) is 11.5. The van der Waals surface area contributed by atoms with Crippen LogP contribution in [0.2, 0.25) is 0 Å². The molecular formula is C26H31FN2O3. The van der Waals surface area contributed by atoms with E-state index >= 15 is 0 Å². The van der Waals surface area contributed by atoms with Gasteiger partial charge >= 0.3 is 0 Å². The van der Waals surface area contributed by atoms with Crippen LogP contribution < -0.4 is 10.1 Å².